The highest BCUT2D eigenvalue weighted by atomic mass is 79.9. The molecule has 0 saturated heterocycles. The molecule has 0 fully saturated rings. The van der Waals surface area contributed by atoms with Crippen molar-refractivity contribution in [2.45, 2.75) is 0 Å². The predicted molar refractivity (Wildman–Crippen MR) is 72.4 cm³/mol. The third-order valence-corrected chi connectivity index (χ3v) is 3.17. The van der Waals surface area contributed by atoms with Crippen molar-refractivity contribution in [1.82, 2.24) is 24.9 Å². The molecule has 92 valence electrons. The number of hydrogen-bond acceptors (Lipinski definition) is 5. The molecule has 0 radical (unpaired) electrons. The lowest BCUT2D eigenvalue weighted by Crippen LogP contribution is -1.76. The van der Waals surface area contributed by atoms with E-state index >= 15 is 0 Å². The van der Waals surface area contributed by atoms with Crippen LogP contribution in [-0.2, 0) is 0 Å². The first-order valence-electron chi connectivity index (χ1n) is 5.51. The van der Waals surface area contributed by atoms with Crippen molar-refractivity contribution in [3.8, 4) is 11.6 Å². The molecule has 0 amide bonds. The van der Waals surface area contributed by atoms with Gasteiger partial charge in [0.1, 0.15) is 17.4 Å². The van der Waals surface area contributed by atoms with Gasteiger partial charge in [0.15, 0.2) is 22.8 Å². The topological polar surface area (TPSA) is 80.5 Å². The number of nitrogens with one attached hydrogen (secondary N) is 1. The number of halogens is 1. The number of imidazole rings is 1. The van der Waals surface area contributed by atoms with E-state index in [4.69, 9.17) is 4.42 Å². The van der Waals surface area contributed by atoms with Crippen molar-refractivity contribution < 1.29 is 4.42 Å². The quantitative estimate of drug-likeness (QED) is 0.584. The lowest BCUT2D eigenvalue weighted by molar-refractivity contribution is 0.626. The lowest BCUT2D eigenvalue weighted by atomic mass is 10.3. The lowest BCUT2D eigenvalue weighted by Gasteiger charge is -1.88. The molecule has 6 nitrogen and oxygen atoms in total. The summed E-state index contributed by atoms with van der Waals surface area (Å²) < 4.78 is 6.60. The first kappa shape index (κ1) is 10.6. The average molecular weight is 316 g/mol. The largest absolute Gasteiger partial charge is 0.451 e. The fourth-order valence-electron chi connectivity index (χ4n) is 1.89. The van der Waals surface area contributed by atoms with Crippen molar-refractivity contribution >= 4 is 38.2 Å². The molecule has 0 aliphatic rings. The predicted octanol–water partition coefficient (Wildman–Crippen LogP) is 2.92. The molecule has 4 aromatic heterocycles. The number of fused-ring (bicyclic) bond motifs is 2. The van der Waals surface area contributed by atoms with Crippen molar-refractivity contribution in [3.63, 3.8) is 0 Å². The van der Waals surface area contributed by atoms with Gasteiger partial charge in [-0.15, -0.1) is 0 Å². The normalized spacial score (nSPS) is 11.4. The zero-order valence-corrected chi connectivity index (χ0v) is 11.0. The van der Waals surface area contributed by atoms with Gasteiger partial charge in [0.2, 0.25) is 0 Å². The van der Waals surface area contributed by atoms with Crippen LogP contribution in [0.2, 0.25) is 0 Å². The summed E-state index contributed by atoms with van der Waals surface area (Å²) in [6.45, 7) is 0. The van der Waals surface area contributed by atoms with Gasteiger partial charge in [0, 0.05) is 16.7 Å². The zero-order valence-electron chi connectivity index (χ0n) is 9.46. The monoisotopic (exact) mass is 315 g/mol. The van der Waals surface area contributed by atoms with Gasteiger partial charge in [0.25, 0.3) is 0 Å². The number of rotatable bonds is 1. The fraction of sp³-hybridized carbons (Fsp3) is 0. The Bertz CT molecular complexity index is 864. The Hall–Kier alpha value is -2.28. The van der Waals surface area contributed by atoms with E-state index in [0.717, 1.165) is 15.5 Å². The number of pyridine rings is 1. The standard InChI is InChI=1S/C12H6BrN5O/c13-6-1-9-7(15-3-6)2-10(19-9)12-17-8-4-14-5-16-11(8)18-12/h1-5H,(H,14,16,17,18). The minimum absolute atomic E-state index is 0.611. The second-order valence-corrected chi connectivity index (χ2v) is 4.91. The fourth-order valence-corrected chi connectivity index (χ4v) is 2.20. The molecule has 0 aromatic carbocycles. The number of furan rings is 1. The zero-order chi connectivity index (χ0) is 12.8. The minimum Gasteiger partial charge on any atom is -0.451 e. The smallest absolute Gasteiger partial charge is 0.181 e. The Balaban J connectivity index is 1.93. The molecule has 0 atom stereocenters. The third kappa shape index (κ3) is 1.70. The maximum atomic E-state index is 5.73. The van der Waals surface area contributed by atoms with Crippen LogP contribution in [0, 0.1) is 0 Å². The minimum atomic E-state index is 0.611. The van der Waals surface area contributed by atoms with E-state index in [9.17, 15) is 0 Å². The Morgan fingerprint density at radius 2 is 2.11 bits per heavy atom. The summed E-state index contributed by atoms with van der Waals surface area (Å²) in [6, 6.07) is 3.71. The second-order valence-electron chi connectivity index (χ2n) is 3.99. The van der Waals surface area contributed by atoms with Gasteiger partial charge in [-0.05, 0) is 22.0 Å². The molecule has 4 rings (SSSR count). The van der Waals surface area contributed by atoms with Gasteiger partial charge in [-0.25, -0.2) is 15.0 Å². The molecule has 0 unspecified atom stereocenters. The van der Waals surface area contributed by atoms with Crippen LogP contribution < -0.4 is 0 Å². The van der Waals surface area contributed by atoms with Gasteiger partial charge in [-0.2, -0.15) is 0 Å². The van der Waals surface area contributed by atoms with E-state index in [0.29, 0.717) is 22.8 Å². The Morgan fingerprint density at radius 3 is 3.00 bits per heavy atom. The van der Waals surface area contributed by atoms with Crippen LogP contribution in [0.1, 0.15) is 0 Å². The molecule has 0 aliphatic carbocycles. The molecular weight excluding hydrogens is 310 g/mol. The summed E-state index contributed by atoms with van der Waals surface area (Å²) in [6.07, 6.45) is 4.87. The summed E-state index contributed by atoms with van der Waals surface area (Å²) in [4.78, 5) is 19.8. The van der Waals surface area contributed by atoms with Gasteiger partial charge in [0.05, 0.1) is 6.20 Å². The Kier molecular flexibility index (Phi) is 2.16. The van der Waals surface area contributed by atoms with E-state index in [1.54, 1.807) is 12.4 Å². The molecule has 0 aliphatic heterocycles. The van der Waals surface area contributed by atoms with Crippen LogP contribution in [0.3, 0.4) is 0 Å². The molecule has 0 bridgehead atoms. The number of H-pyrrole nitrogens is 1. The van der Waals surface area contributed by atoms with Crippen molar-refractivity contribution in [2.24, 2.45) is 0 Å². The van der Waals surface area contributed by atoms with Crippen molar-refractivity contribution in [1.29, 1.82) is 0 Å². The van der Waals surface area contributed by atoms with Gasteiger partial charge in [-0.3, -0.25) is 4.98 Å². The molecule has 19 heavy (non-hydrogen) atoms. The average Bonchev–Trinajstić information content (AvgIpc) is 3.00. The molecule has 7 heteroatoms. The maximum absolute atomic E-state index is 5.73. The Labute approximate surface area is 115 Å². The summed E-state index contributed by atoms with van der Waals surface area (Å²) in [5.74, 6) is 1.24. The van der Waals surface area contributed by atoms with Gasteiger partial charge < -0.3 is 9.40 Å². The van der Waals surface area contributed by atoms with Crippen LogP contribution in [0.5, 0.6) is 0 Å². The molecule has 0 spiro atoms. The van der Waals surface area contributed by atoms with E-state index in [2.05, 4.69) is 40.8 Å². The van der Waals surface area contributed by atoms with Crippen LogP contribution >= 0.6 is 15.9 Å². The highest BCUT2D eigenvalue weighted by Crippen LogP contribution is 2.27. The SMILES string of the molecule is Brc1cnc2cc(-c3nc4ncncc4[nH]3)oc2c1. The number of nitrogens with zero attached hydrogens (tertiary/aromatic N) is 4. The summed E-state index contributed by atoms with van der Waals surface area (Å²) in [7, 11) is 0. The van der Waals surface area contributed by atoms with Crippen LogP contribution in [-0.4, -0.2) is 24.9 Å². The number of aromatic nitrogens is 5. The van der Waals surface area contributed by atoms with E-state index in [1.807, 2.05) is 12.1 Å². The van der Waals surface area contributed by atoms with E-state index in [-0.39, 0.29) is 0 Å². The van der Waals surface area contributed by atoms with Crippen molar-refractivity contribution in [2.75, 3.05) is 0 Å². The second kappa shape index (κ2) is 3.86. The maximum Gasteiger partial charge on any atom is 0.181 e. The van der Waals surface area contributed by atoms with Gasteiger partial charge >= 0.3 is 0 Å². The summed E-state index contributed by atoms with van der Waals surface area (Å²) in [5.41, 5.74) is 2.87. The first-order valence-corrected chi connectivity index (χ1v) is 6.30. The highest BCUT2D eigenvalue weighted by molar-refractivity contribution is 9.10. The van der Waals surface area contributed by atoms with Crippen LogP contribution in [0.25, 0.3) is 33.8 Å². The highest BCUT2D eigenvalue weighted by Gasteiger charge is 2.12. The van der Waals surface area contributed by atoms with E-state index in [1.165, 1.54) is 6.33 Å². The van der Waals surface area contributed by atoms with Gasteiger partial charge in [-0.1, -0.05) is 0 Å². The molecule has 1 N–H and O–H groups in total. The third-order valence-electron chi connectivity index (χ3n) is 2.73. The Morgan fingerprint density at radius 1 is 1.16 bits per heavy atom. The van der Waals surface area contributed by atoms with Crippen LogP contribution in [0.4, 0.5) is 0 Å². The summed E-state index contributed by atoms with van der Waals surface area (Å²) >= 11 is 3.36. The molecule has 0 saturated carbocycles. The number of hydrogen-bond donors (Lipinski definition) is 1. The molecule has 4 heterocycles. The molecule has 4 aromatic rings. The number of aromatic amines is 1. The van der Waals surface area contributed by atoms with Crippen LogP contribution in [0.15, 0.2) is 39.7 Å². The van der Waals surface area contributed by atoms with Crippen molar-refractivity contribution in [3.05, 3.63) is 35.3 Å². The summed E-state index contributed by atoms with van der Waals surface area (Å²) in [5, 5.41) is 0. The van der Waals surface area contributed by atoms with E-state index < -0.39 is 0 Å². The first-order chi connectivity index (χ1) is 9.29. The molecular formula is C12H6BrN5O.